The van der Waals surface area contributed by atoms with E-state index in [1.807, 2.05) is 36.4 Å². The van der Waals surface area contributed by atoms with Crippen molar-refractivity contribution in [2.75, 3.05) is 0 Å². The molecule has 1 aliphatic carbocycles. The maximum Gasteiger partial charge on any atom is 0.164 e. The predicted molar refractivity (Wildman–Crippen MR) is 239 cm³/mol. The van der Waals surface area contributed by atoms with Gasteiger partial charge >= 0.3 is 0 Å². The van der Waals surface area contributed by atoms with Crippen molar-refractivity contribution in [3.8, 4) is 73.2 Å². The van der Waals surface area contributed by atoms with E-state index in [0.29, 0.717) is 17.5 Å². The fourth-order valence-electron chi connectivity index (χ4n) is 8.90. The molecule has 4 heteroatoms. The molecule has 2 aromatic heterocycles. The topological polar surface area (TPSA) is 43.6 Å². The molecule has 0 spiro atoms. The van der Waals surface area contributed by atoms with Crippen molar-refractivity contribution in [3.05, 3.63) is 205 Å². The summed E-state index contributed by atoms with van der Waals surface area (Å²) in [7, 11) is 0. The Morgan fingerprint density at radius 2 is 0.828 bits per heavy atom. The normalized spacial score (nSPS) is 12.8. The molecule has 8 aromatic carbocycles. The van der Waals surface area contributed by atoms with Gasteiger partial charge in [0.15, 0.2) is 17.5 Å². The smallest absolute Gasteiger partial charge is 0.164 e. The molecule has 4 nitrogen and oxygen atoms in total. The molecule has 1 aliphatic rings. The Bertz CT molecular complexity index is 3050. The van der Waals surface area contributed by atoms with Gasteiger partial charge in [0.05, 0.1) is 11.0 Å². The van der Waals surface area contributed by atoms with Crippen molar-refractivity contribution < 1.29 is 0 Å². The van der Waals surface area contributed by atoms with E-state index >= 15 is 0 Å². The molecular weight excluding hydrogens is 705 g/mol. The third kappa shape index (κ3) is 5.56. The number of aromatic nitrogens is 4. The zero-order valence-corrected chi connectivity index (χ0v) is 32.3. The Balaban J connectivity index is 1.20. The molecule has 0 aliphatic heterocycles. The summed E-state index contributed by atoms with van der Waals surface area (Å²) in [6.45, 7) is 4.71. The maximum atomic E-state index is 5.12. The second-order valence-corrected chi connectivity index (χ2v) is 15.7. The van der Waals surface area contributed by atoms with Gasteiger partial charge in [-0.05, 0) is 93.0 Å². The fourth-order valence-corrected chi connectivity index (χ4v) is 8.90. The molecule has 0 radical (unpaired) electrons. The molecule has 58 heavy (non-hydrogen) atoms. The summed E-state index contributed by atoms with van der Waals surface area (Å²) < 4.78 is 2.46. The summed E-state index contributed by atoms with van der Waals surface area (Å²) in [6, 6.07) is 69.2. The maximum absolute atomic E-state index is 5.12. The first kappa shape index (κ1) is 33.9. The quantitative estimate of drug-likeness (QED) is 0.170. The van der Waals surface area contributed by atoms with Gasteiger partial charge < -0.3 is 4.57 Å². The van der Waals surface area contributed by atoms with Gasteiger partial charge in [0.2, 0.25) is 0 Å². The van der Waals surface area contributed by atoms with Crippen LogP contribution >= 0.6 is 0 Å². The standard InChI is InChI=1S/C54H38N4/c1-54(2)47-26-16-15-25-43(47)44-33-46-45-32-39(53-56-51(37-21-11-5-12-22-37)55-52(57-53)38-23-13-6-14-24-38)27-28-49(45)58(50(46)34-48(44)54)42-30-40(35-17-7-3-8-18-35)29-41(31-42)36-19-9-4-10-20-36/h3-34H,1-2H3. The van der Waals surface area contributed by atoms with E-state index in [1.165, 1.54) is 55.4 Å². The molecule has 0 N–H and O–H groups in total. The van der Waals surface area contributed by atoms with Crippen molar-refractivity contribution in [2.24, 2.45) is 0 Å². The second-order valence-electron chi connectivity index (χ2n) is 15.7. The Morgan fingerprint density at radius 3 is 1.40 bits per heavy atom. The minimum Gasteiger partial charge on any atom is -0.309 e. The number of hydrogen-bond donors (Lipinski definition) is 0. The lowest BCUT2D eigenvalue weighted by Gasteiger charge is -2.22. The fraction of sp³-hybridized carbons (Fsp3) is 0.0556. The van der Waals surface area contributed by atoms with Crippen LogP contribution in [0.15, 0.2) is 194 Å². The van der Waals surface area contributed by atoms with Gasteiger partial charge in [-0.15, -0.1) is 0 Å². The van der Waals surface area contributed by atoms with Crippen LogP contribution < -0.4 is 0 Å². The molecule has 0 saturated carbocycles. The lowest BCUT2D eigenvalue weighted by molar-refractivity contribution is 0.661. The van der Waals surface area contributed by atoms with Gasteiger partial charge in [0.1, 0.15) is 0 Å². The number of hydrogen-bond acceptors (Lipinski definition) is 3. The van der Waals surface area contributed by atoms with E-state index < -0.39 is 0 Å². The minimum atomic E-state index is -0.153. The largest absolute Gasteiger partial charge is 0.309 e. The van der Waals surface area contributed by atoms with E-state index in [-0.39, 0.29) is 5.41 Å². The van der Waals surface area contributed by atoms with Gasteiger partial charge in [-0.25, -0.2) is 15.0 Å². The van der Waals surface area contributed by atoms with Gasteiger partial charge in [-0.2, -0.15) is 0 Å². The van der Waals surface area contributed by atoms with Gasteiger partial charge in [-0.3, -0.25) is 0 Å². The predicted octanol–water partition coefficient (Wildman–Crippen LogP) is 13.6. The molecule has 0 bridgehead atoms. The van der Waals surface area contributed by atoms with E-state index in [1.54, 1.807) is 0 Å². The van der Waals surface area contributed by atoms with Crippen LogP contribution in [0.3, 0.4) is 0 Å². The highest BCUT2D eigenvalue weighted by molar-refractivity contribution is 6.12. The number of rotatable bonds is 6. The summed E-state index contributed by atoms with van der Waals surface area (Å²) in [5.41, 5.74) is 16.1. The summed E-state index contributed by atoms with van der Waals surface area (Å²) in [5, 5.41) is 2.34. The van der Waals surface area contributed by atoms with Crippen molar-refractivity contribution in [2.45, 2.75) is 19.3 Å². The zero-order valence-electron chi connectivity index (χ0n) is 32.3. The first-order valence-corrected chi connectivity index (χ1v) is 19.9. The number of fused-ring (bicyclic) bond motifs is 6. The van der Waals surface area contributed by atoms with Crippen LogP contribution in [-0.2, 0) is 5.41 Å². The third-order valence-electron chi connectivity index (χ3n) is 11.8. The van der Waals surface area contributed by atoms with E-state index in [9.17, 15) is 0 Å². The SMILES string of the molecule is CC1(C)c2ccccc2-c2cc3c4cc(-c5nc(-c6ccccc6)nc(-c6ccccc6)n5)ccc4n(-c4cc(-c5ccccc5)cc(-c5ccccc5)c4)c3cc21. The van der Waals surface area contributed by atoms with Crippen LogP contribution in [0.25, 0.3) is 95.0 Å². The average Bonchev–Trinajstić information content (AvgIpc) is 3.73. The molecule has 2 heterocycles. The summed E-state index contributed by atoms with van der Waals surface area (Å²) in [6.07, 6.45) is 0. The first-order chi connectivity index (χ1) is 28.5. The van der Waals surface area contributed by atoms with E-state index in [4.69, 9.17) is 15.0 Å². The van der Waals surface area contributed by atoms with Gasteiger partial charge in [-0.1, -0.05) is 159 Å². The molecule has 10 aromatic rings. The van der Waals surface area contributed by atoms with Crippen LogP contribution in [0.4, 0.5) is 0 Å². The summed E-state index contributed by atoms with van der Waals surface area (Å²) in [5.74, 6) is 1.94. The lowest BCUT2D eigenvalue weighted by atomic mass is 9.82. The number of benzene rings is 8. The Labute approximate surface area is 337 Å². The molecule has 0 amide bonds. The third-order valence-corrected chi connectivity index (χ3v) is 11.8. The van der Waals surface area contributed by atoms with Gasteiger partial charge in [0, 0.05) is 38.6 Å². The zero-order chi connectivity index (χ0) is 38.8. The van der Waals surface area contributed by atoms with Crippen LogP contribution in [0, 0.1) is 0 Å². The molecular formula is C54H38N4. The monoisotopic (exact) mass is 742 g/mol. The average molecular weight is 743 g/mol. The molecule has 11 rings (SSSR count). The molecule has 0 unspecified atom stereocenters. The summed E-state index contributed by atoms with van der Waals surface area (Å²) in [4.78, 5) is 15.2. The highest BCUT2D eigenvalue weighted by Gasteiger charge is 2.36. The lowest BCUT2D eigenvalue weighted by Crippen LogP contribution is -2.14. The Morgan fingerprint density at radius 1 is 0.345 bits per heavy atom. The van der Waals surface area contributed by atoms with Crippen molar-refractivity contribution in [3.63, 3.8) is 0 Å². The highest BCUT2D eigenvalue weighted by atomic mass is 15.0. The molecule has 0 saturated heterocycles. The molecule has 274 valence electrons. The molecule has 0 atom stereocenters. The second kappa shape index (κ2) is 13.4. The van der Waals surface area contributed by atoms with Crippen molar-refractivity contribution >= 4 is 21.8 Å². The van der Waals surface area contributed by atoms with Gasteiger partial charge in [0.25, 0.3) is 0 Å². The van der Waals surface area contributed by atoms with Crippen LogP contribution in [0.1, 0.15) is 25.0 Å². The Kier molecular flexibility index (Phi) is 7.80. The Hall–Kier alpha value is -7.43. The van der Waals surface area contributed by atoms with Crippen LogP contribution in [0.2, 0.25) is 0 Å². The highest BCUT2D eigenvalue weighted by Crippen LogP contribution is 2.51. The van der Waals surface area contributed by atoms with E-state index in [0.717, 1.165) is 33.3 Å². The summed E-state index contributed by atoms with van der Waals surface area (Å²) >= 11 is 0. The van der Waals surface area contributed by atoms with Crippen molar-refractivity contribution in [1.82, 2.24) is 19.5 Å². The number of nitrogens with zero attached hydrogens (tertiary/aromatic N) is 4. The first-order valence-electron chi connectivity index (χ1n) is 19.9. The van der Waals surface area contributed by atoms with Crippen molar-refractivity contribution in [1.29, 1.82) is 0 Å². The van der Waals surface area contributed by atoms with Crippen LogP contribution in [0.5, 0.6) is 0 Å². The molecule has 0 fully saturated rings. The van der Waals surface area contributed by atoms with E-state index in [2.05, 4.69) is 176 Å². The van der Waals surface area contributed by atoms with Crippen LogP contribution in [-0.4, -0.2) is 19.5 Å². The minimum absolute atomic E-state index is 0.153.